The molecule has 6 heteroatoms. The molecule has 0 aliphatic heterocycles. The Hall–Kier alpha value is -2.63. The summed E-state index contributed by atoms with van der Waals surface area (Å²) in [5, 5.41) is 8.56. The number of amides is 1. The van der Waals surface area contributed by atoms with E-state index in [-0.39, 0.29) is 6.54 Å². The summed E-state index contributed by atoms with van der Waals surface area (Å²) in [7, 11) is 1.41. The Morgan fingerprint density at radius 3 is 2.84 bits per heavy atom. The Morgan fingerprint density at radius 1 is 1.42 bits per heavy atom. The molecule has 0 bridgehead atoms. The van der Waals surface area contributed by atoms with Crippen LogP contribution in [0.25, 0.3) is 17.2 Å². The van der Waals surface area contributed by atoms with Crippen LogP contribution >= 0.6 is 0 Å². The van der Waals surface area contributed by atoms with Gasteiger partial charge < -0.3 is 14.4 Å². The summed E-state index contributed by atoms with van der Waals surface area (Å²) in [6.07, 6.45) is 2.65. The SMILES string of the molecule is CN(CC(=O)O)C(=O)/C=C/c1nc2ccccc2o1. The van der Waals surface area contributed by atoms with Gasteiger partial charge in [0.25, 0.3) is 0 Å². The smallest absolute Gasteiger partial charge is 0.323 e. The highest BCUT2D eigenvalue weighted by molar-refractivity contribution is 5.93. The summed E-state index contributed by atoms with van der Waals surface area (Å²) in [6.45, 7) is -0.350. The standard InChI is InChI=1S/C13H12N2O4/c1-15(8-13(17)18)12(16)7-6-11-14-9-4-2-3-5-10(9)19-11/h2-7H,8H2,1H3,(H,17,18)/b7-6+. The van der Waals surface area contributed by atoms with Crippen molar-refractivity contribution in [3.05, 3.63) is 36.2 Å². The van der Waals surface area contributed by atoms with E-state index in [1.165, 1.54) is 19.2 Å². The van der Waals surface area contributed by atoms with Crippen LogP contribution < -0.4 is 0 Å². The number of carboxylic acids is 1. The van der Waals surface area contributed by atoms with E-state index in [9.17, 15) is 9.59 Å². The van der Waals surface area contributed by atoms with Gasteiger partial charge in [0.1, 0.15) is 12.1 Å². The molecule has 2 aromatic rings. The number of aliphatic carboxylic acids is 1. The van der Waals surface area contributed by atoms with Gasteiger partial charge in [0.2, 0.25) is 11.8 Å². The number of carboxylic acid groups (broad SMARTS) is 1. The average molecular weight is 260 g/mol. The van der Waals surface area contributed by atoms with Crippen LogP contribution in [0.15, 0.2) is 34.8 Å². The molecule has 0 saturated heterocycles. The third-order valence-electron chi connectivity index (χ3n) is 2.43. The van der Waals surface area contributed by atoms with Gasteiger partial charge in [-0.2, -0.15) is 0 Å². The van der Waals surface area contributed by atoms with Crippen molar-refractivity contribution in [3.63, 3.8) is 0 Å². The highest BCUT2D eigenvalue weighted by Crippen LogP contribution is 2.15. The largest absolute Gasteiger partial charge is 0.480 e. The van der Waals surface area contributed by atoms with Crippen molar-refractivity contribution in [1.29, 1.82) is 0 Å². The summed E-state index contributed by atoms with van der Waals surface area (Å²) < 4.78 is 5.39. The number of carbonyl (C=O) groups is 2. The monoisotopic (exact) mass is 260 g/mol. The number of oxazole rings is 1. The van der Waals surface area contributed by atoms with Crippen LogP contribution in [-0.4, -0.2) is 40.5 Å². The molecule has 0 radical (unpaired) electrons. The van der Waals surface area contributed by atoms with Gasteiger partial charge in [-0.25, -0.2) is 4.98 Å². The van der Waals surface area contributed by atoms with Crippen LogP contribution in [0.2, 0.25) is 0 Å². The molecule has 0 atom stereocenters. The maximum absolute atomic E-state index is 11.6. The summed E-state index contributed by atoms with van der Waals surface area (Å²) >= 11 is 0. The number of nitrogens with zero attached hydrogens (tertiary/aromatic N) is 2. The first kappa shape index (κ1) is 12.8. The first-order valence-corrected chi connectivity index (χ1v) is 5.57. The van der Waals surface area contributed by atoms with Gasteiger partial charge >= 0.3 is 5.97 Å². The number of fused-ring (bicyclic) bond motifs is 1. The van der Waals surface area contributed by atoms with Gasteiger partial charge in [-0.15, -0.1) is 0 Å². The number of hydrogen-bond donors (Lipinski definition) is 1. The van der Waals surface area contributed by atoms with Gasteiger partial charge in [0.15, 0.2) is 5.58 Å². The Kier molecular flexibility index (Phi) is 3.61. The molecule has 1 aromatic carbocycles. The van der Waals surface area contributed by atoms with Gasteiger partial charge in [0.05, 0.1) is 0 Å². The molecule has 98 valence electrons. The molecule has 2 rings (SSSR count). The third kappa shape index (κ3) is 3.19. The highest BCUT2D eigenvalue weighted by Gasteiger charge is 2.09. The number of hydrogen-bond acceptors (Lipinski definition) is 4. The molecule has 0 spiro atoms. The molecule has 19 heavy (non-hydrogen) atoms. The van der Waals surface area contributed by atoms with Crippen molar-refractivity contribution in [1.82, 2.24) is 9.88 Å². The van der Waals surface area contributed by atoms with E-state index in [1.54, 1.807) is 12.1 Å². The Balaban J connectivity index is 2.09. The van der Waals surface area contributed by atoms with Crippen LogP contribution in [0, 0.1) is 0 Å². The van der Waals surface area contributed by atoms with Crippen molar-refractivity contribution in [2.45, 2.75) is 0 Å². The lowest BCUT2D eigenvalue weighted by Crippen LogP contribution is -2.30. The molecule has 0 saturated carbocycles. The number of likely N-dealkylation sites (N-methyl/N-ethyl adjacent to an activating group) is 1. The molecule has 1 amide bonds. The molecule has 0 aliphatic carbocycles. The molecule has 0 aliphatic rings. The maximum Gasteiger partial charge on any atom is 0.323 e. The molecular weight excluding hydrogens is 248 g/mol. The minimum atomic E-state index is -1.06. The van der Waals surface area contributed by atoms with E-state index in [0.29, 0.717) is 17.0 Å². The molecule has 0 unspecified atom stereocenters. The number of benzene rings is 1. The Morgan fingerprint density at radius 2 is 2.16 bits per heavy atom. The summed E-state index contributed by atoms with van der Waals surface area (Å²) in [5.41, 5.74) is 1.34. The van der Waals surface area contributed by atoms with Gasteiger partial charge in [-0.1, -0.05) is 12.1 Å². The van der Waals surface area contributed by atoms with Crippen molar-refractivity contribution in [2.75, 3.05) is 13.6 Å². The predicted octanol–water partition coefficient (Wildman–Crippen LogP) is 1.38. The first-order valence-electron chi connectivity index (χ1n) is 5.57. The van der Waals surface area contributed by atoms with E-state index in [0.717, 1.165) is 4.90 Å². The van der Waals surface area contributed by atoms with E-state index < -0.39 is 11.9 Å². The van der Waals surface area contributed by atoms with Crippen LogP contribution in [0.4, 0.5) is 0 Å². The molecular formula is C13H12N2O4. The second-order valence-electron chi connectivity index (χ2n) is 3.94. The fourth-order valence-corrected chi connectivity index (χ4v) is 1.51. The van der Waals surface area contributed by atoms with Crippen LogP contribution in [0.3, 0.4) is 0 Å². The molecule has 0 fully saturated rings. The summed E-state index contributed by atoms with van der Waals surface area (Å²) in [4.78, 5) is 27.3. The average Bonchev–Trinajstić information content (AvgIpc) is 2.77. The van der Waals surface area contributed by atoms with Crippen molar-refractivity contribution in [2.24, 2.45) is 0 Å². The lowest BCUT2D eigenvalue weighted by Gasteiger charge is -2.10. The van der Waals surface area contributed by atoms with Crippen molar-refractivity contribution in [3.8, 4) is 0 Å². The zero-order valence-corrected chi connectivity index (χ0v) is 10.2. The van der Waals surface area contributed by atoms with E-state index in [2.05, 4.69) is 4.98 Å². The molecule has 1 N–H and O–H groups in total. The molecule has 6 nitrogen and oxygen atoms in total. The molecule has 1 heterocycles. The quantitative estimate of drug-likeness (QED) is 0.840. The lowest BCUT2D eigenvalue weighted by atomic mass is 10.3. The normalized spacial score (nSPS) is 11.0. The van der Waals surface area contributed by atoms with Gasteiger partial charge in [0, 0.05) is 19.2 Å². The van der Waals surface area contributed by atoms with Gasteiger partial charge in [-0.3, -0.25) is 9.59 Å². The summed E-state index contributed by atoms with van der Waals surface area (Å²) in [6, 6.07) is 7.24. The Bertz CT molecular complexity index is 612. The lowest BCUT2D eigenvalue weighted by molar-refractivity contribution is -0.141. The van der Waals surface area contributed by atoms with E-state index in [1.807, 2.05) is 12.1 Å². The third-order valence-corrected chi connectivity index (χ3v) is 2.43. The van der Waals surface area contributed by atoms with Crippen molar-refractivity contribution < 1.29 is 19.1 Å². The van der Waals surface area contributed by atoms with E-state index >= 15 is 0 Å². The highest BCUT2D eigenvalue weighted by atomic mass is 16.4. The fraction of sp³-hybridized carbons (Fsp3) is 0.154. The van der Waals surface area contributed by atoms with E-state index in [4.69, 9.17) is 9.52 Å². The fourth-order valence-electron chi connectivity index (χ4n) is 1.51. The number of aromatic nitrogens is 1. The van der Waals surface area contributed by atoms with Crippen molar-refractivity contribution >= 4 is 29.1 Å². The predicted molar refractivity (Wildman–Crippen MR) is 68.3 cm³/mol. The second-order valence-corrected chi connectivity index (χ2v) is 3.94. The first-order chi connectivity index (χ1) is 9.06. The second kappa shape index (κ2) is 5.34. The van der Waals surface area contributed by atoms with Gasteiger partial charge in [-0.05, 0) is 12.1 Å². The summed E-state index contributed by atoms with van der Waals surface area (Å²) in [5.74, 6) is -1.19. The zero-order valence-electron chi connectivity index (χ0n) is 10.2. The zero-order chi connectivity index (χ0) is 13.8. The Labute approximate surface area is 109 Å². The number of carbonyl (C=O) groups excluding carboxylic acids is 1. The maximum atomic E-state index is 11.6. The number of rotatable bonds is 4. The minimum absolute atomic E-state index is 0.304. The topological polar surface area (TPSA) is 83.6 Å². The van der Waals surface area contributed by atoms with Crippen LogP contribution in [-0.2, 0) is 9.59 Å². The minimum Gasteiger partial charge on any atom is -0.480 e. The number of para-hydroxylation sites is 2. The van der Waals surface area contributed by atoms with Crippen LogP contribution in [0.1, 0.15) is 5.89 Å². The van der Waals surface area contributed by atoms with Crippen LogP contribution in [0.5, 0.6) is 0 Å². The molecule has 1 aromatic heterocycles.